The molecule has 0 radical (unpaired) electrons. The lowest BCUT2D eigenvalue weighted by atomic mass is 10.0. The lowest BCUT2D eigenvalue weighted by Gasteiger charge is -2.22. The fraction of sp³-hybridized carbons (Fsp3) is 0.400. The summed E-state index contributed by atoms with van der Waals surface area (Å²) in [5.74, 6) is 0.604. The molecule has 1 fully saturated rings. The third-order valence-electron chi connectivity index (χ3n) is 3.77. The Bertz CT molecular complexity index is 782. The van der Waals surface area contributed by atoms with E-state index in [0.29, 0.717) is 16.5 Å². The molecular weight excluding hydrogens is 413 g/mol. The minimum absolute atomic E-state index is 0.604. The van der Waals surface area contributed by atoms with Crippen molar-refractivity contribution in [3.05, 3.63) is 35.0 Å². The Kier molecular flexibility index (Phi) is 7.31. The first-order valence-corrected chi connectivity index (χ1v) is 12.0. The molecule has 1 saturated heterocycles. The van der Waals surface area contributed by atoms with Gasteiger partial charge in [0.25, 0.3) is 0 Å². The lowest BCUT2D eigenvalue weighted by molar-refractivity contribution is 0.0616. The van der Waals surface area contributed by atoms with E-state index in [-0.39, 0.29) is 0 Å². The molecule has 130 valence electrons. The molecule has 1 aliphatic heterocycles. The predicted molar refractivity (Wildman–Crippen MR) is 100 cm³/mol. The van der Waals surface area contributed by atoms with E-state index in [9.17, 15) is 9.83 Å². The van der Waals surface area contributed by atoms with Crippen LogP contribution in [-0.4, -0.2) is 17.8 Å². The summed E-state index contributed by atoms with van der Waals surface area (Å²) in [6.45, 7) is 2.58. The Hall–Kier alpha value is -0.400. The number of para-hydroxylation sites is 1. The monoisotopic (exact) mass is 426 g/mol. The Labute approximate surface area is 159 Å². The summed E-state index contributed by atoms with van der Waals surface area (Å²) in [5, 5.41) is 7.66. The Morgan fingerprint density at radius 3 is 2.50 bits per heavy atom. The number of fused-ring (bicyclic) bond motifs is 1. The summed E-state index contributed by atoms with van der Waals surface area (Å²) in [6, 6.07) is 7.98. The SMILES string of the molecule is N#Cc1cn(CC2CCOCC2)c2c(Cl)cccc12.O=P(Cl)(Cl)Cl. The van der Waals surface area contributed by atoms with E-state index < -0.39 is 5.20 Å². The van der Waals surface area contributed by atoms with Crippen LogP contribution in [0.4, 0.5) is 0 Å². The minimum atomic E-state index is -3.22. The molecule has 24 heavy (non-hydrogen) atoms. The smallest absolute Gasteiger partial charge is 0.339 e. The first-order valence-electron chi connectivity index (χ1n) is 7.24. The topological polar surface area (TPSA) is 55.0 Å². The number of ether oxygens (including phenoxy) is 1. The number of benzene rings is 1. The molecule has 0 N–H and O–H groups in total. The van der Waals surface area contributed by atoms with E-state index in [0.717, 1.165) is 43.5 Å². The summed E-state index contributed by atoms with van der Waals surface area (Å²) in [5.41, 5.74) is 1.68. The van der Waals surface area contributed by atoms with Crippen LogP contribution < -0.4 is 0 Å². The van der Waals surface area contributed by atoms with Crippen LogP contribution in [0.3, 0.4) is 0 Å². The van der Waals surface area contributed by atoms with Crippen LogP contribution in [0, 0.1) is 17.2 Å². The molecule has 1 aliphatic rings. The Morgan fingerprint density at radius 2 is 1.92 bits per heavy atom. The summed E-state index contributed by atoms with van der Waals surface area (Å²) in [7, 11) is 0. The van der Waals surface area contributed by atoms with Crippen LogP contribution >= 0.6 is 50.5 Å². The molecule has 0 amide bonds. The molecule has 2 aromatic rings. The fourth-order valence-electron chi connectivity index (χ4n) is 2.75. The zero-order valence-corrected chi connectivity index (χ0v) is 16.5. The Balaban J connectivity index is 0.000000368. The average molecular weight is 428 g/mol. The van der Waals surface area contributed by atoms with Crippen molar-refractivity contribution in [1.82, 2.24) is 4.57 Å². The van der Waals surface area contributed by atoms with Gasteiger partial charge >= 0.3 is 5.20 Å². The van der Waals surface area contributed by atoms with Gasteiger partial charge in [-0.1, -0.05) is 23.7 Å². The normalized spacial score (nSPS) is 15.6. The van der Waals surface area contributed by atoms with Crippen LogP contribution in [0.1, 0.15) is 18.4 Å². The van der Waals surface area contributed by atoms with E-state index in [1.54, 1.807) is 0 Å². The maximum atomic E-state index is 9.51. The van der Waals surface area contributed by atoms with Gasteiger partial charge in [0, 0.05) is 31.3 Å². The highest BCUT2D eigenvalue weighted by molar-refractivity contribution is 8.24. The van der Waals surface area contributed by atoms with Crippen molar-refractivity contribution in [3.63, 3.8) is 0 Å². The van der Waals surface area contributed by atoms with E-state index in [4.69, 9.17) is 16.3 Å². The third-order valence-corrected chi connectivity index (χ3v) is 4.07. The second-order valence-corrected chi connectivity index (χ2v) is 12.4. The van der Waals surface area contributed by atoms with Gasteiger partial charge in [-0.3, -0.25) is 4.57 Å². The highest BCUT2D eigenvalue weighted by atomic mass is 36.0. The van der Waals surface area contributed by atoms with Crippen molar-refractivity contribution in [1.29, 1.82) is 5.26 Å². The molecule has 9 heteroatoms. The van der Waals surface area contributed by atoms with Crippen molar-refractivity contribution in [2.75, 3.05) is 13.2 Å². The molecule has 0 spiro atoms. The van der Waals surface area contributed by atoms with Gasteiger partial charge in [-0.2, -0.15) is 5.26 Å². The molecule has 3 rings (SSSR count). The van der Waals surface area contributed by atoms with Crippen LogP contribution in [0.5, 0.6) is 0 Å². The number of hydrogen-bond acceptors (Lipinski definition) is 3. The first-order chi connectivity index (χ1) is 11.3. The highest BCUT2D eigenvalue weighted by Crippen LogP contribution is 2.61. The van der Waals surface area contributed by atoms with Gasteiger partial charge in [0.15, 0.2) is 0 Å². The van der Waals surface area contributed by atoms with Crippen LogP contribution in [-0.2, 0) is 15.8 Å². The van der Waals surface area contributed by atoms with Crippen molar-refractivity contribution in [2.45, 2.75) is 19.4 Å². The quantitative estimate of drug-likeness (QED) is 0.520. The molecule has 0 unspecified atom stereocenters. The number of hydrogen-bond donors (Lipinski definition) is 0. The molecule has 0 aliphatic carbocycles. The summed E-state index contributed by atoms with van der Waals surface area (Å²) in [4.78, 5) is 0. The summed E-state index contributed by atoms with van der Waals surface area (Å²) < 4.78 is 17.0. The van der Waals surface area contributed by atoms with Crippen molar-refractivity contribution in [2.24, 2.45) is 5.92 Å². The average Bonchev–Trinajstić information content (AvgIpc) is 2.86. The predicted octanol–water partition coefficient (Wildman–Crippen LogP) is 6.40. The molecule has 0 bridgehead atoms. The van der Waals surface area contributed by atoms with Gasteiger partial charge in [0.2, 0.25) is 0 Å². The van der Waals surface area contributed by atoms with Gasteiger partial charge in [-0.15, -0.1) is 0 Å². The molecular formula is C15H15Cl4N2O2P. The largest absolute Gasteiger partial charge is 0.381 e. The molecule has 1 aromatic heterocycles. The van der Waals surface area contributed by atoms with E-state index in [1.807, 2.05) is 24.4 Å². The van der Waals surface area contributed by atoms with E-state index >= 15 is 0 Å². The van der Waals surface area contributed by atoms with Gasteiger partial charge in [-0.05, 0) is 58.5 Å². The second-order valence-electron chi connectivity index (χ2n) is 5.40. The maximum absolute atomic E-state index is 9.51. The number of aromatic nitrogens is 1. The molecule has 0 saturated carbocycles. The van der Waals surface area contributed by atoms with Crippen LogP contribution in [0.2, 0.25) is 5.02 Å². The zero-order valence-electron chi connectivity index (χ0n) is 12.6. The second kappa shape index (κ2) is 8.81. The first kappa shape index (κ1) is 19.9. The van der Waals surface area contributed by atoms with Crippen molar-refractivity contribution >= 4 is 61.4 Å². The summed E-state index contributed by atoms with van der Waals surface area (Å²) in [6.07, 6.45) is 4.07. The number of nitriles is 1. The standard InChI is InChI=1S/C15H15ClN2O.Cl3OP/c16-14-3-1-2-13-12(8-17)10-18(15(13)14)9-11-4-6-19-7-5-11;1-5(2,3)4/h1-3,10-11H,4-7,9H2;. The van der Waals surface area contributed by atoms with Gasteiger partial charge in [0.1, 0.15) is 6.07 Å². The lowest BCUT2D eigenvalue weighted by Crippen LogP contribution is -2.20. The minimum Gasteiger partial charge on any atom is -0.381 e. The zero-order chi connectivity index (χ0) is 17.7. The molecule has 2 heterocycles. The van der Waals surface area contributed by atoms with E-state index in [1.165, 1.54) is 0 Å². The number of nitrogens with zero attached hydrogens (tertiary/aromatic N) is 2. The number of halogens is 4. The third kappa shape index (κ3) is 5.85. The van der Waals surface area contributed by atoms with Gasteiger partial charge in [-0.25, -0.2) is 0 Å². The Morgan fingerprint density at radius 1 is 1.29 bits per heavy atom. The van der Waals surface area contributed by atoms with Crippen molar-refractivity contribution in [3.8, 4) is 6.07 Å². The highest BCUT2D eigenvalue weighted by Gasteiger charge is 2.17. The summed E-state index contributed by atoms with van der Waals surface area (Å²) >= 11 is 20.1. The van der Waals surface area contributed by atoms with Gasteiger partial charge in [0.05, 0.1) is 16.1 Å². The van der Waals surface area contributed by atoms with E-state index in [2.05, 4.69) is 44.4 Å². The molecule has 1 aromatic carbocycles. The number of rotatable bonds is 2. The van der Waals surface area contributed by atoms with Crippen molar-refractivity contribution < 1.29 is 9.30 Å². The van der Waals surface area contributed by atoms with Crippen LogP contribution in [0.15, 0.2) is 24.4 Å². The van der Waals surface area contributed by atoms with Gasteiger partial charge < -0.3 is 9.30 Å². The maximum Gasteiger partial charge on any atom is 0.339 e. The fourth-order valence-corrected chi connectivity index (χ4v) is 3.04. The molecule has 0 atom stereocenters. The van der Waals surface area contributed by atoms with Crippen LogP contribution in [0.25, 0.3) is 10.9 Å². The molecule has 4 nitrogen and oxygen atoms in total.